The zero-order valence-corrected chi connectivity index (χ0v) is 14.1. The molecule has 126 valence electrons. The normalized spacial score (nSPS) is 10.4. The summed E-state index contributed by atoms with van der Waals surface area (Å²) in [5.74, 6) is -0.0533. The fourth-order valence-electron chi connectivity index (χ4n) is 2.69. The lowest BCUT2D eigenvalue weighted by Crippen LogP contribution is -2.26. The third kappa shape index (κ3) is 4.10. The molecule has 2 aromatic rings. The Hall–Kier alpha value is -2.88. The number of pyridine rings is 1. The quantitative estimate of drug-likeness (QED) is 0.822. The summed E-state index contributed by atoms with van der Waals surface area (Å²) < 4.78 is 1.73. The third-order valence-electron chi connectivity index (χ3n) is 4.02. The van der Waals surface area contributed by atoms with E-state index in [4.69, 9.17) is 5.26 Å². The summed E-state index contributed by atoms with van der Waals surface area (Å²) in [6.45, 7) is 4.08. The van der Waals surface area contributed by atoms with Crippen molar-refractivity contribution in [3.8, 4) is 6.07 Å². The molecule has 0 saturated carbocycles. The second-order valence-corrected chi connectivity index (χ2v) is 5.79. The standard InChI is InChI=1S/C17H21N5O2/c1-11-14(12(2)21-17(24)15(11)8-18)4-5-16(23)19-7-6-13-9-20-22(3)10-13/h9-10H,4-7H2,1-3H3,(H,19,23)(H,21,24). The van der Waals surface area contributed by atoms with Crippen LogP contribution in [-0.2, 0) is 24.7 Å². The number of carbonyl (C=O) groups is 1. The van der Waals surface area contributed by atoms with Gasteiger partial charge in [0.2, 0.25) is 5.91 Å². The number of hydrogen-bond donors (Lipinski definition) is 2. The monoisotopic (exact) mass is 327 g/mol. The van der Waals surface area contributed by atoms with Crippen molar-refractivity contribution >= 4 is 5.91 Å². The zero-order chi connectivity index (χ0) is 17.7. The maximum atomic E-state index is 12.0. The third-order valence-corrected chi connectivity index (χ3v) is 4.02. The van der Waals surface area contributed by atoms with Gasteiger partial charge >= 0.3 is 0 Å². The van der Waals surface area contributed by atoms with Crippen molar-refractivity contribution in [1.29, 1.82) is 5.26 Å². The van der Waals surface area contributed by atoms with Crippen molar-refractivity contribution < 1.29 is 4.79 Å². The molecule has 0 aliphatic heterocycles. The molecule has 0 atom stereocenters. The minimum atomic E-state index is -0.378. The first kappa shape index (κ1) is 17.5. The summed E-state index contributed by atoms with van der Waals surface area (Å²) in [5, 5.41) is 16.0. The molecule has 24 heavy (non-hydrogen) atoms. The molecule has 7 heteroatoms. The maximum Gasteiger partial charge on any atom is 0.266 e. The van der Waals surface area contributed by atoms with Crippen molar-refractivity contribution in [3.05, 3.63) is 50.7 Å². The Labute approximate surface area is 140 Å². The SMILES string of the molecule is Cc1[nH]c(=O)c(C#N)c(C)c1CCC(=O)NCCc1cnn(C)c1. The van der Waals surface area contributed by atoms with Crippen LogP contribution < -0.4 is 10.9 Å². The summed E-state index contributed by atoms with van der Waals surface area (Å²) >= 11 is 0. The first-order valence-electron chi connectivity index (χ1n) is 7.79. The number of aryl methyl sites for hydroxylation is 2. The van der Waals surface area contributed by atoms with Gasteiger partial charge in [-0.2, -0.15) is 10.4 Å². The first-order chi connectivity index (χ1) is 11.4. The Bertz CT molecular complexity index is 842. The molecule has 1 amide bonds. The largest absolute Gasteiger partial charge is 0.356 e. The van der Waals surface area contributed by atoms with E-state index in [1.54, 1.807) is 24.7 Å². The van der Waals surface area contributed by atoms with Gasteiger partial charge in [0.15, 0.2) is 0 Å². The molecular weight excluding hydrogens is 306 g/mol. The maximum absolute atomic E-state index is 12.0. The van der Waals surface area contributed by atoms with E-state index in [0.29, 0.717) is 30.6 Å². The van der Waals surface area contributed by atoms with E-state index >= 15 is 0 Å². The number of amides is 1. The minimum absolute atomic E-state index is 0.0533. The van der Waals surface area contributed by atoms with Crippen LogP contribution in [-0.4, -0.2) is 27.2 Å². The van der Waals surface area contributed by atoms with Gasteiger partial charge < -0.3 is 10.3 Å². The van der Waals surface area contributed by atoms with Gasteiger partial charge in [-0.1, -0.05) is 0 Å². The van der Waals surface area contributed by atoms with E-state index in [1.165, 1.54) is 0 Å². The van der Waals surface area contributed by atoms with Gasteiger partial charge in [-0.05, 0) is 43.4 Å². The molecule has 2 N–H and O–H groups in total. The highest BCUT2D eigenvalue weighted by Gasteiger charge is 2.13. The highest BCUT2D eigenvalue weighted by Crippen LogP contribution is 2.14. The minimum Gasteiger partial charge on any atom is -0.356 e. The molecule has 0 bridgehead atoms. The zero-order valence-electron chi connectivity index (χ0n) is 14.1. The van der Waals surface area contributed by atoms with Crippen LogP contribution in [0, 0.1) is 25.2 Å². The van der Waals surface area contributed by atoms with E-state index in [1.807, 2.05) is 19.3 Å². The number of nitrogens with one attached hydrogen (secondary N) is 2. The Morgan fingerprint density at radius 3 is 2.79 bits per heavy atom. The van der Waals surface area contributed by atoms with Crippen LogP contribution in [0.15, 0.2) is 17.2 Å². The lowest BCUT2D eigenvalue weighted by atomic mass is 9.99. The van der Waals surface area contributed by atoms with Gasteiger partial charge in [-0.25, -0.2) is 0 Å². The molecule has 0 radical (unpaired) electrons. The summed E-state index contributed by atoms with van der Waals surface area (Å²) in [7, 11) is 1.85. The Kier molecular flexibility index (Phi) is 5.53. The van der Waals surface area contributed by atoms with Crippen LogP contribution >= 0.6 is 0 Å². The summed E-state index contributed by atoms with van der Waals surface area (Å²) in [5.41, 5.74) is 3.03. The molecule has 7 nitrogen and oxygen atoms in total. The Morgan fingerprint density at radius 1 is 1.42 bits per heavy atom. The van der Waals surface area contributed by atoms with Crippen LogP contribution in [0.5, 0.6) is 0 Å². The summed E-state index contributed by atoms with van der Waals surface area (Å²) in [4.78, 5) is 26.4. The number of nitrogens with zero attached hydrogens (tertiary/aromatic N) is 3. The van der Waals surface area contributed by atoms with Crippen molar-refractivity contribution in [2.45, 2.75) is 33.1 Å². The Balaban J connectivity index is 1.90. The van der Waals surface area contributed by atoms with E-state index < -0.39 is 0 Å². The molecular formula is C17H21N5O2. The van der Waals surface area contributed by atoms with E-state index in [0.717, 1.165) is 17.5 Å². The molecule has 0 spiro atoms. The van der Waals surface area contributed by atoms with E-state index in [2.05, 4.69) is 15.4 Å². The molecule has 2 rings (SSSR count). The molecule has 0 saturated heterocycles. The van der Waals surface area contributed by atoms with Crippen molar-refractivity contribution in [2.75, 3.05) is 6.54 Å². The van der Waals surface area contributed by atoms with Crippen molar-refractivity contribution in [1.82, 2.24) is 20.1 Å². The number of aromatic amines is 1. The first-order valence-corrected chi connectivity index (χ1v) is 7.79. The number of rotatable bonds is 6. The van der Waals surface area contributed by atoms with Crippen molar-refractivity contribution in [2.24, 2.45) is 7.05 Å². The van der Waals surface area contributed by atoms with Gasteiger partial charge in [-0.15, -0.1) is 0 Å². The van der Waals surface area contributed by atoms with Crippen molar-refractivity contribution in [3.63, 3.8) is 0 Å². The van der Waals surface area contributed by atoms with Gasteiger partial charge in [0.1, 0.15) is 11.6 Å². The number of aromatic nitrogens is 3. The fraction of sp³-hybridized carbons (Fsp3) is 0.412. The highest BCUT2D eigenvalue weighted by atomic mass is 16.1. The van der Waals surface area contributed by atoms with Crippen LogP contribution in [0.25, 0.3) is 0 Å². The smallest absolute Gasteiger partial charge is 0.266 e. The fourth-order valence-corrected chi connectivity index (χ4v) is 2.69. The number of H-pyrrole nitrogens is 1. The second kappa shape index (κ2) is 7.59. The molecule has 0 unspecified atom stereocenters. The van der Waals surface area contributed by atoms with E-state index in [9.17, 15) is 9.59 Å². The van der Waals surface area contributed by atoms with Crippen LogP contribution in [0.1, 0.15) is 34.4 Å². The molecule has 0 aliphatic carbocycles. The van der Waals surface area contributed by atoms with Gasteiger partial charge in [0.05, 0.1) is 6.20 Å². The highest BCUT2D eigenvalue weighted by molar-refractivity contribution is 5.76. The average molecular weight is 327 g/mol. The number of hydrogen-bond acceptors (Lipinski definition) is 4. The lowest BCUT2D eigenvalue weighted by molar-refractivity contribution is -0.121. The van der Waals surface area contributed by atoms with Crippen LogP contribution in [0.4, 0.5) is 0 Å². The predicted molar refractivity (Wildman–Crippen MR) is 89.5 cm³/mol. The Morgan fingerprint density at radius 2 is 2.17 bits per heavy atom. The second-order valence-electron chi connectivity index (χ2n) is 5.79. The summed E-state index contributed by atoms with van der Waals surface area (Å²) in [6, 6.07) is 1.92. The number of nitriles is 1. The van der Waals surface area contributed by atoms with Gasteiger partial charge in [0.25, 0.3) is 5.56 Å². The molecule has 2 heterocycles. The molecule has 0 aromatic carbocycles. The average Bonchev–Trinajstić information content (AvgIpc) is 2.92. The van der Waals surface area contributed by atoms with Crippen LogP contribution in [0.3, 0.4) is 0 Å². The molecule has 0 aliphatic rings. The van der Waals surface area contributed by atoms with E-state index in [-0.39, 0.29) is 17.0 Å². The lowest BCUT2D eigenvalue weighted by Gasteiger charge is -2.11. The predicted octanol–water partition coefficient (Wildman–Crippen LogP) is 0.888. The number of carbonyl (C=O) groups excluding carboxylic acids is 1. The molecule has 2 aromatic heterocycles. The topological polar surface area (TPSA) is 104 Å². The molecule has 0 fully saturated rings. The van der Waals surface area contributed by atoms with Gasteiger partial charge in [-0.3, -0.25) is 14.3 Å². The van der Waals surface area contributed by atoms with Crippen LogP contribution in [0.2, 0.25) is 0 Å². The summed E-state index contributed by atoms with van der Waals surface area (Å²) in [6.07, 6.45) is 5.23. The van der Waals surface area contributed by atoms with Gasteiger partial charge in [0, 0.05) is 31.9 Å².